The predicted octanol–water partition coefficient (Wildman–Crippen LogP) is 2.61. The van der Waals surface area contributed by atoms with Gasteiger partial charge in [-0.2, -0.15) is 0 Å². The van der Waals surface area contributed by atoms with E-state index < -0.39 is 6.04 Å². The topological polar surface area (TPSA) is 46.2 Å². The van der Waals surface area contributed by atoms with Gasteiger partial charge < -0.3 is 0 Å². The number of rotatable bonds is 7. The summed E-state index contributed by atoms with van der Waals surface area (Å²) in [4.78, 5) is 12.4. The summed E-state index contributed by atoms with van der Waals surface area (Å²) in [5.74, 6) is -0.0769. The summed E-state index contributed by atoms with van der Waals surface area (Å²) in [5.41, 5.74) is 1.81. The van der Waals surface area contributed by atoms with Gasteiger partial charge in [0.05, 0.1) is 0 Å². The molecule has 0 aliphatic heterocycles. The number of hydrogen-bond acceptors (Lipinski definition) is 3. The SMILES string of the molecule is O=BCNC(C(=O)/C=C/c1ccccc1)c1ccccc1. The van der Waals surface area contributed by atoms with Gasteiger partial charge in [0, 0.05) is 0 Å². The third kappa shape index (κ3) is 4.62. The van der Waals surface area contributed by atoms with E-state index in [1.165, 1.54) is 0 Å². The zero-order valence-electron chi connectivity index (χ0n) is 11.6. The maximum absolute atomic E-state index is 12.4. The Kier molecular flexibility index (Phi) is 5.79. The van der Waals surface area contributed by atoms with Crippen molar-refractivity contribution in [2.45, 2.75) is 6.04 Å². The molecule has 0 aromatic heterocycles. The summed E-state index contributed by atoms with van der Waals surface area (Å²) >= 11 is 0. The van der Waals surface area contributed by atoms with Crippen LogP contribution in [-0.4, -0.2) is 19.4 Å². The van der Waals surface area contributed by atoms with Crippen molar-refractivity contribution in [3.8, 4) is 0 Å². The fourth-order valence-corrected chi connectivity index (χ4v) is 2.03. The number of hydrogen-bond donors (Lipinski definition) is 1. The average molecular weight is 277 g/mol. The van der Waals surface area contributed by atoms with Crippen molar-refractivity contribution < 1.29 is 9.50 Å². The quantitative estimate of drug-likeness (QED) is 0.625. The molecule has 0 heterocycles. The third-order valence-corrected chi connectivity index (χ3v) is 3.06. The Bertz CT molecular complexity index is 611. The average Bonchev–Trinajstić information content (AvgIpc) is 2.55. The molecule has 104 valence electrons. The van der Waals surface area contributed by atoms with Crippen LogP contribution in [0.4, 0.5) is 0 Å². The van der Waals surface area contributed by atoms with E-state index in [4.69, 9.17) is 0 Å². The fraction of sp³-hybridized carbons (Fsp3) is 0.118. The standard InChI is InChI=1S/C17H16BNO2/c20-16(12-11-14-7-3-1-4-8-14)17(19-13-18-21)15-9-5-2-6-10-15/h1-12,17,19H,13H2/b12-11+. The summed E-state index contributed by atoms with van der Waals surface area (Å²) in [7, 11) is 0.754. The summed E-state index contributed by atoms with van der Waals surface area (Å²) in [6.07, 6.45) is 3.47. The molecule has 0 radical (unpaired) electrons. The first-order valence-electron chi connectivity index (χ1n) is 6.80. The van der Waals surface area contributed by atoms with Crippen LogP contribution in [-0.2, 0) is 9.50 Å². The molecule has 21 heavy (non-hydrogen) atoms. The summed E-state index contributed by atoms with van der Waals surface area (Å²) in [6, 6.07) is 18.5. The number of nitrogens with one attached hydrogen (secondary N) is 1. The van der Waals surface area contributed by atoms with Gasteiger partial charge in [-0.1, -0.05) is 0 Å². The number of ketones is 1. The van der Waals surface area contributed by atoms with E-state index in [0.717, 1.165) is 18.3 Å². The van der Waals surface area contributed by atoms with E-state index in [1.807, 2.05) is 60.7 Å². The minimum absolute atomic E-state index is 0.0769. The van der Waals surface area contributed by atoms with Crippen molar-refractivity contribution >= 4 is 19.0 Å². The molecule has 2 aromatic carbocycles. The van der Waals surface area contributed by atoms with Crippen LogP contribution >= 0.6 is 0 Å². The number of benzene rings is 2. The predicted molar refractivity (Wildman–Crippen MR) is 84.1 cm³/mol. The zero-order chi connectivity index (χ0) is 14.9. The van der Waals surface area contributed by atoms with E-state index >= 15 is 0 Å². The Labute approximate surface area is 124 Å². The molecule has 0 aliphatic carbocycles. The van der Waals surface area contributed by atoms with Crippen LogP contribution in [0.15, 0.2) is 66.7 Å². The number of carbonyl (C=O) groups excluding carboxylic acids is 1. The molecule has 3 nitrogen and oxygen atoms in total. The molecule has 1 unspecified atom stereocenters. The van der Waals surface area contributed by atoms with Crippen LogP contribution < -0.4 is 5.32 Å². The van der Waals surface area contributed by atoms with Crippen molar-refractivity contribution in [2.24, 2.45) is 0 Å². The van der Waals surface area contributed by atoms with E-state index in [0.29, 0.717) is 0 Å². The summed E-state index contributed by atoms with van der Waals surface area (Å²) < 4.78 is 10.6. The molecule has 0 bridgehead atoms. The van der Waals surface area contributed by atoms with Gasteiger partial charge in [-0.05, 0) is 0 Å². The molecule has 2 aromatic rings. The molecular weight excluding hydrogens is 261 g/mol. The van der Waals surface area contributed by atoms with Gasteiger partial charge in [0.15, 0.2) is 0 Å². The monoisotopic (exact) mass is 277 g/mol. The van der Waals surface area contributed by atoms with Gasteiger partial charge in [0.2, 0.25) is 0 Å². The van der Waals surface area contributed by atoms with Gasteiger partial charge in [0.1, 0.15) is 0 Å². The molecule has 1 atom stereocenters. The van der Waals surface area contributed by atoms with Crippen LogP contribution in [0.1, 0.15) is 17.2 Å². The molecular formula is C17H16BNO2. The first-order valence-corrected chi connectivity index (χ1v) is 6.80. The second kappa shape index (κ2) is 8.07. The molecule has 0 fully saturated rings. The van der Waals surface area contributed by atoms with E-state index in [1.54, 1.807) is 12.2 Å². The van der Waals surface area contributed by atoms with Gasteiger partial charge >= 0.3 is 124 Å². The third-order valence-electron chi connectivity index (χ3n) is 3.06. The molecule has 0 saturated heterocycles. The first-order chi connectivity index (χ1) is 10.3. The second-order valence-electron chi connectivity index (χ2n) is 4.56. The number of carbonyl (C=O) groups is 1. The second-order valence-corrected chi connectivity index (χ2v) is 4.56. The summed E-state index contributed by atoms with van der Waals surface area (Å²) in [6.45, 7) is 0. The Morgan fingerprint density at radius 3 is 2.29 bits per heavy atom. The van der Waals surface area contributed by atoms with Crippen molar-refractivity contribution in [2.75, 3.05) is 6.44 Å². The minimum atomic E-state index is -0.503. The Morgan fingerprint density at radius 2 is 1.67 bits per heavy atom. The van der Waals surface area contributed by atoms with Crippen molar-refractivity contribution in [3.63, 3.8) is 0 Å². The van der Waals surface area contributed by atoms with Crippen molar-refractivity contribution in [1.29, 1.82) is 0 Å². The molecule has 1 N–H and O–H groups in total. The van der Waals surface area contributed by atoms with Crippen molar-refractivity contribution in [1.82, 2.24) is 5.32 Å². The van der Waals surface area contributed by atoms with E-state index in [2.05, 4.69) is 5.32 Å². The van der Waals surface area contributed by atoms with Gasteiger partial charge in [0.25, 0.3) is 0 Å². The molecule has 4 heteroatoms. The van der Waals surface area contributed by atoms with Gasteiger partial charge in [-0.25, -0.2) is 0 Å². The van der Waals surface area contributed by atoms with Crippen molar-refractivity contribution in [3.05, 3.63) is 77.9 Å². The fourth-order valence-electron chi connectivity index (χ4n) is 2.03. The molecule has 2 rings (SSSR count). The Morgan fingerprint density at radius 1 is 1.05 bits per heavy atom. The molecule has 0 amide bonds. The van der Waals surface area contributed by atoms with Crippen LogP contribution in [0.2, 0.25) is 0 Å². The maximum atomic E-state index is 12.4. The Hall–Kier alpha value is -2.33. The normalized spacial score (nSPS) is 12.0. The van der Waals surface area contributed by atoms with Gasteiger partial charge in [-0.15, -0.1) is 0 Å². The van der Waals surface area contributed by atoms with Crippen LogP contribution in [0.25, 0.3) is 6.08 Å². The van der Waals surface area contributed by atoms with Crippen LogP contribution in [0.5, 0.6) is 0 Å². The first kappa shape index (κ1) is 15.1. The van der Waals surface area contributed by atoms with E-state index in [9.17, 15) is 9.50 Å². The molecule has 0 spiro atoms. The molecule has 0 saturated carbocycles. The zero-order valence-corrected chi connectivity index (χ0v) is 11.6. The molecule has 0 aliphatic rings. The van der Waals surface area contributed by atoms with Crippen LogP contribution in [0, 0.1) is 0 Å². The van der Waals surface area contributed by atoms with Crippen LogP contribution in [0.3, 0.4) is 0 Å². The Balaban J connectivity index is 2.15. The summed E-state index contributed by atoms with van der Waals surface area (Å²) in [5, 5.41) is 2.95. The van der Waals surface area contributed by atoms with E-state index in [-0.39, 0.29) is 12.2 Å². The van der Waals surface area contributed by atoms with Gasteiger partial charge in [-0.3, -0.25) is 0 Å².